The molecule has 0 radical (unpaired) electrons. The molecule has 2 heterocycles. The Morgan fingerprint density at radius 1 is 1.41 bits per heavy atom. The maximum atomic E-state index is 12.1. The van der Waals surface area contributed by atoms with E-state index in [1.165, 1.54) is 0 Å². The lowest BCUT2D eigenvalue weighted by Gasteiger charge is -2.32. The topological polar surface area (TPSA) is 69.6 Å². The third-order valence-electron chi connectivity index (χ3n) is 3.59. The first-order valence-electron chi connectivity index (χ1n) is 6.01. The summed E-state index contributed by atoms with van der Waals surface area (Å²) < 4.78 is 0. The van der Waals surface area contributed by atoms with Crippen molar-refractivity contribution in [2.45, 2.75) is 19.8 Å². The molecule has 0 bridgehead atoms. The number of nitrogens with one attached hydrogen (secondary N) is 1. The third-order valence-corrected chi connectivity index (χ3v) is 3.59. The summed E-state index contributed by atoms with van der Waals surface area (Å²) in [5.74, 6) is -1.18. The number of hydrogen-bond donors (Lipinski definition) is 2. The highest BCUT2D eigenvalue weighted by atomic mass is 16.4. The quantitative estimate of drug-likeness (QED) is 0.676. The molecule has 2 aliphatic heterocycles. The van der Waals surface area contributed by atoms with Gasteiger partial charge in [-0.25, -0.2) is 0 Å². The predicted molar refractivity (Wildman–Crippen MR) is 62.5 cm³/mol. The summed E-state index contributed by atoms with van der Waals surface area (Å²) in [5, 5.41) is 12.1. The molecule has 5 heteroatoms. The Morgan fingerprint density at radius 2 is 2.12 bits per heavy atom. The lowest BCUT2D eigenvalue weighted by atomic mass is 9.96. The number of aliphatic carboxylic acids is 1. The largest absolute Gasteiger partial charge is 0.481 e. The van der Waals surface area contributed by atoms with Gasteiger partial charge in [-0.05, 0) is 25.3 Å². The van der Waals surface area contributed by atoms with E-state index in [2.05, 4.69) is 5.32 Å². The monoisotopic (exact) mass is 238 g/mol. The van der Waals surface area contributed by atoms with Crippen LogP contribution in [0.4, 0.5) is 0 Å². The van der Waals surface area contributed by atoms with Gasteiger partial charge in [0.15, 0.2) is 0 Å². The van der Waals surface area contributed by atoms with Gasteiger partial charge < -0.3 is 15.3 Å². The number of hydrogen-bond acceptors (Lipinski definition) is 3. The summed E-state index contributed by atoms with van der Waals surface area (Å²) in [6, 6.07) is 0. The van der Waals surface area contributed by atoms with Crippen molar-refractivity contribution in [3.05, 3.63) is 11.1 Å². The van der Waals surface area contributed by atoms with Crippen LogP contribution in [0.15, 0.2) is 11.1 Å². The van der Waals surface area contributed by atoms with Crippen molar-refractivity contribution in [1.29, 1.82) is 0 Å². The summed E-state index contributed by atoms with van der Waals surface area (Å²) in [6.07, 6.45) is 1.46. The van der Waals surface area contributed by atoms with E-state index < -0.39 is 11.9 Å². The zero-order valence-electron chi connectivity index (χ0n) is 10.0. The highest BCUT2D eigenvalue weighted by Crippen LogP contribution is 2.20. The zero-order valence-corrected chi connectivity index (χ0v) is 10.0. The molecule has 2 saturated heterocycles. The molecule has 0 aromatic carbocycles. The van der Waals surface area contributed by atoms with Crippen LogP contribution in [-0.2, 0) is 9.59 Å². The minimum atomic E-state index is -0.793. The normalized spacial score (nSPS) is 24.2. The fourth-order valence-corrected chi connectivity index (χ4v) is 2.27. The number of nitrogens with zero attached hydrogens (tertiary/aromatic N) is 1. The van der Waals surface area contributed by atoms with Gasteiger partial charge in [0.2, 0.25) is 5.91 Å². The van der Waals surface area contributed by atoms with Crippen molar-refractivity contribution < 1.29 is 14.7 Å². The Kier molecular flexibility index (Phi) is 3.47. The van der Waals surface area contributed by atoms with E-state index in [1.807, 2.05) is 6.92 Å². The van der Waals surface area contributed by atoms with Crippen molar-refractivity contribution >= 4 is 11.9 Å². The molecule has 1 atom stereocenters. The van der Waals surface area contributed by atoms with Crippen LogP contribution in [0.25, 0.3) is 0 Å². The summed E-state index contributed by atoms with van der Waals surface area (Å²) >= 11 is 0. The lowest BCUT2D eigenvalue weighted by Crippen LogP contribution is -2.44. The van der Waals surface area contributed by atoms with Gasteiger partial charge in [0.1, 0.15) is 0 Å². The van der Waals surface area contributed by atoms with E-state index in [9.17, 15) is 9.59 Å². The van der Waals surface area contributed by atoms with Crippen LogP contribution in [0.1, 0.15) is 19.8 Å². The molecule has 2 fully saturated rings. The summed E-state index contributed by atoms with van der Waals surface area (Å²) in [6.45, 7) is 4.44. The third kappa shape index (κ3) is 2.49. The van der Waals surface area contributed by atoms with Crippen LogP contribution < -0.4 is 5.32 Å². The standard InChI is InChI=1S/C12H18N2O3/c1-8(10-5-13-6-10)11(15)14-4-2-3-9(7-14)12(16)17/h9,13H,2-7H2,1H3,(H,16,17)/t9-/m1/s1. The van der Waals surface area contributed by atoms with Crippen LogP contribution >= 0.6 is 0 Å². The van der Waals surface area contributed by atoms with Gasteiger partial charge >= 0.3 is 5.97 Å². The molecule has 5 nitrogen and oxygen atoms in total. The van der Waals surface area contributed by atoms with Gasteiger partial charge in [-0.2, -0.15) is 0 Å². The maximum absolute atomic E-state index is 12.1. The molecule has 1 amide bonds. The number of carboxylic acid groups (broad SMARTS) is 1. The first-order chi connectivity index (χ1) is 8.09. The van der Waals surface area contributed by atoms with Gasteiger partial charge in [-0.15, -0.1) is 0 Å². The fraction of sp³-hybridized carbons (Fsp3) is 0.667. The predicted octanol–water partition coefficient (Wildman–Crippen LogP) is 0.229. The van der Waals surface area contributed by atoms with Gasteiger partial charge in [0, 0.05) is 31.8 Å². The number of carbonyl (C=O) groups is 2. The smallest absolute Gasteiger partial charge is 0.308 e. The van der Waals surface area contributed by atoms with E-state index in [0.29, 0.717) is 19.5 Å². The fourth-order valence-electron chi connectivity index (χ4n) is 2.27. The van der Waals surface area contributed by atoms with Crippen molar-refractivity contribution in [3.8, 4) is 0 Å². The van der Waals surface area contributed by atoms with Crippen molar-refractivity contribution in [2.75, 3.05) is 26.2 Å². The summed E-state index contributed by atoms with van der Waals surface area (Å²) in [5.41, 5.74) is 1.93. The number of piperidine rings is 1. The first kappa shape index (κ1) is 12.1. The summed E-state index contributed by atoms with van der Waals surface area (Å²) in [4.78, 5) is 24.8. The zero-order chi connectivity index (χ0) is 12.4. The highest BCUT2D eigenvalue weighted by molar-refractivity contribution is 5.94. The molecule has 2 rings (SSSR count). The second-order valence-corrected chi connectivity index (χ2v) is 4.76. The number of carbonyl (C=O) groups excluding carboxylic acids is 1. The molecule has 0 aromatic heterocycles. The second-order valence-electron chi connectivity index (χ2n) is 4.76. The first-order valence-corrected chi connectivity index (χ1v) is 6.01. The molecular weight excluding hydrogens is 220 g/mol. The number of rotatable bonds is 2. The van der Waals surface area contributed by atoms with Gasteiger partial charge in [-0.3, -0.25) is 9.59 Å². The van der Waals surface area contributed by atoms with Gasteiger partial charge in [0.25, 0.3) is 0 Å². The molecule has 0 spiro atoms. The molecule has 0 aliphatic carbocycles. The van der Waals surface area contributed by atoms with Crippen LogP contribution in [-0.4, -0.2) is 48.1 Å². The number of carboxylic acids is 1. The molecule has 94 valence electrons. The molecule has 0 saturated carbocycles. The molecule has 0 unspecified atom stereocenters. The number of likely N-dealkylation sites (tertiary alicyclic amines) is 1. The Hall–Kier alpha value is -1.36. The van der Waals surface area contributed by atoms with Crippen LogP contribution in [0, 0.1) is 5.92 Å². The van der Waals surface area contributed by atoms with E-state index in [1.54, 1.807) is 4.90 Å². The molecule has 2 aliphatic rings. The average Bonchev–Trinajstić information content (AvgIpc) is 2.25. The molecule has 17 heavy (non-hydrogen) atoms. The second kappa shape index (κ2) is 4.87. The van der Waals surface area contributed by atoms with Crippen molar-refractivity contribution in [2.24, 2.45) is 5.92 Å². The van der Waals surface area contributed by atoms with Crippen molar-refractivity contribution in [1.82, 2.24) is 10.2 Å². The van der Waals surface area contributed by atoms with Crippen molar-refractivity contribution in [3.63, 3.8) is 0 Å². The maximum Gasteiger partial charge on any atom is 0.308 e. The Balaban J connectivity index is 2.02. The average molecular weight is 238 g/mol. The highest BCUT2D eigenvalue weighted by Gasteiger charge is 2.29. The molecule has 2 N–H and O–H groups in total. The van der Waals surface area contributed by atoms with E-state index in [0.717, 1.165) is 30.7 Å². The molecular formula is C12H18N2O3. The van der Waals surface area contributed by atoms with Gasteiger partial charge in [-0.1, -0.05) is 0 Å². The minimum absolute atomic E-state index is 0.00690. The Labute approximate surface area is 100 Å². The molecule has 0 aromatic rings. The lowest BCUT2D eigenvalue weighted by molar-refractivity contribution is -0.145. The minimum Gasteiger partial charge on any atom is -0.481 e. The SMILES string of the molecule is CC(C(=O)N1CCC[C@@H](C(=O)O)C1)=C1CNC1. The van der Waals surface area contributed by atoms with E-state index in [4.69, 9.17) is 5.11 Å². The Morgan fingerprint density at radius 3 is 2.65 bits per heavy atom. The van der Waals surface area contributed by atoms with Crippen LogP contribution in [0.3, 0.4) is 0 Å². The van der Waals surface area contributed by atoms with Crippen LogP contribution in [0.2, 0.25) is 0 Å². The number of amides is 1. The van der Waals surface area contributed by atoms with Crippen LogP contribution in [0.5, 0.6) is 0 Å². The van der Waals surface area contributed by atoms with E-state index >= 15 is 0 Å². The summed E-state index contributed by atoms with van der Waals surface area (Å²) in [7, 11) is 0. The Bertz CT molecular complexity index is 370. The van der Waals surface area contributed by atoms with Gasteiger partial charge in [0.05, 0.1) is 5.92 Å². The van der Waals surface area contributed by atoms with E-state index in [-0.39, 0.29) is 5.91 Å².